The second-order valence-electron chi connectivity index (χ2n) is 10.4. The zero-order chi connectivity index (χ0) is 27.2. The summed E-state index contributed by atoms with van der Waals surface area (Å²) in [5, 5.41) is 4.90. The topological polar surface area (TPSA) is 30.2 Å². The minimum Gasteiger partial charge on any atom is -0.306 e. The molecule has 0 aliphatic heterocycles. The highest BCUT2D eigenvalue weighted by atomic mass is 15.0. The maximum atomic E-state index is 5.19. The van der Waals surface area contributed by atoms with Crippen LogP contribution in [0.15, 0.2) is 152 Å². The minimum atomic E-state index is 0.941. The van der Waals surface area contributed by atoms with Gasteiger partial charge in [-0.25, -0.2) is 9.97 Å². The van der Waals surface area contributed by atoms with Crippen LogP contribution in [0.3, 0.4) is 0 Å². The van der Waals surface area contributed by atoms with Crippen molar-refractivity contribution < 1.29 is 0 Å². The SMILES string of the molecule is c1ccc2cc(-c3cc(-c4ccc(-c5cn6ccccc6n5)cc4)nc(-c4ccc5ccccc5c4)c3)ccc2c1. The monoisotopic (exact) mass is 523 g/mol. The lowest BCUT2D eigenvalue weighted by Gasteiger charge is -2.12. The van der Waals surface area contributed by atoms with Gasteiger partial charge in [0.2, 0.25) is 0 Å². The van der Waals surface area contributed by atoms with Gasteiger partial charge >= 0.3 is 0 Å². The van der Waals surface area contributed by atoms with Gasteiger partial charge in [0.25, 0.3) is 0 Å². The first-order valence-corrected chi connectivity index (χ1v) is 13.8. The third kappa shape index (κ3) is 4.34. The van der Waals surface area contributed by atoms with Gasteiger partial charge in [0.05, 0.1) is 17.1 Å². The molecule has 3 nitrogen and oxygen atoms in total. The average molecular weight is 524 g/mol. The number of imidazole rings is 1. The lowest BCUT2D eigenvalue weighted by atomic mass is 9.97. The Morgan fingerprint density at radius 2 is 0.902 bits per heavy atom. The van der Waals surface area contributed by atoms with Gasteiger partial charge in [-0.05, 0) is 69.1 Å². The maximum absolute atomic E-state index is 5.19. The highest BCUT2D eigenvalue weighted by molar-refractivity contribution is 5.90. The smallest absolute Gasteiger partial charge is 0.137 e. The maximum Gasteiger partial charge on any atom is 0.137 e. The summed E-state index contributed by atoms with van der Waals surface area (Å²) in [6, 6.07) is 49.3. The van der Waals surface area contributed by atoms with E-state index in [0.717, 1.165) is 45.0 Å². The van der Waals surface area contributed by atoms with Crippen LogP contribution in [0.4, 0.5) is 0 Å². The van der Waals surface area contributed by atoms with E-state index in [4.69, 9.17) is 9.97 Å². The molecule has 0 fully saturated rings. The van der Waals surface area contributed by atoms with Gasteiger partial charge in [0.1, 0.15) is 5.65 Å². The van der Waals surface area contributed by atoms with E-state index in [-0.39, 0.29) is 0 Å². The van der Waals surface area contributed by atoms with Crippen LogP contribution in [-0.4, -0.2) is 14.4 Å². The Balaban J connectivity index is 1.25. The van der Waals surface area contributed by atoms with Gasteiger partial charge in [-0.2, -0.15) is 0 Å². The number of hydrogen-bond donors (Lipinski definition) is 0. The van der Waals surface area contributed by atoms with Crippen molar-refractivity contribution in [2.45, 2.75) is 0 Å². The molecule has 3 heteroatoms. The van der Waals surface area contributed by atoms with E-state index >= 15 is 0 Å². The Hall–Kier alpha value is -5.54. The second kappa shape index (κ2) is 9.58. The molecule has 5 aromatic carbocycles. The Bertz CT molecular complexity index is 2080. The van der Waals surface area contributed by atoms with E-state index < -0.39 is 0 Å². The minimum absolute atomic E-state index is 0.941. The molecule has 0 saturated carbocycles. The summed E-state index contributed by atoms with van der Waals surface area (Å²) in [6.45, 7) is 0. The predicted octanol–water partition coefficient (Wildman–Crippen LogP) is 9.70. The van der Waals surface area contributed by atoms with Crippen molar-refractivity contribution in [2.24, 2.45) is 0 Å². The summed E-state index contributed by atoms with van der Waals surface area (Å²) in [7, 11) is 0. The molecule has 3 aromatic heterocycles. The first kappa shape index (κ1) is 23.4. The quantitative estimate of drug-likeness (QED) is 0.230. The van der Waals surface area contributed by atoms with Gasteiger partial charge in [0, 0.05) is 29.1 Å². The van der Waals surface area contributed by atoms with Crippen molar-refractivity contribution >= 4 is 27.2 Å². The molecule has 8 aromatic rings. The van der Waals surface area contributed by atoms with E-state index in [2.05, 4.69) is 128 Å². The third-order valence-corrected chi connectivity index (χ3v) is 7.79. The van der Waals surface area contributed by atoms with E-state index in [1.807, 2.05) is 28.8 Å². The zero-order valence-corrected chi connectivity index (χ0v) is 22.3. The predicted molar refractivity (Wildman–Crippen MR) is 170 cm³/mol. The molecule has 192 valence electrons. The third-order valence-electron chi connectivity index (χ3n) is 7.79. The molecule has 0 spiro atoms. The van der Waals surface area contributed by atoms with E-state index in [1.165, 1.54) is 27.1 Å². The van der Waals surface area contributed by atoms with Gasteiger partial charge in [0.15, 0.2) is 0 Å². The fraction of sp³-hybridized carbons (Fsp3) is 0. The van der Waals surface area contributed by atoms with Gasteiger partial charge in [-0.15, -0.1) is 0 Å². The first-order chi connectivity index (χ1) is 20.3. The number of hydrogen-bond acceptors (Lipinski definition) is 2. The van der Waals surface area contributed by atoms with Crippen molar-refractivity contribution in [1.29, 1.82) is 0 Å². The molecule has 0 atom stereocenters. The van der Waals surface area contributed by atoms with Gasteiger partial charge in [-0.1, -0.05) is 103 Å². The molecule has 0 aliphatic carbocycles. The molecule has 0 aliphatic rings. The number of rotatable bonds is 4. The Kier molecular flexibility index (Phi) is 5.46. The number of fused-ring (bicyclic) bond motifs is 3. The second-order valence-corrected chi connectivity index (χ2v) is 10.4. The van der Waals surface area contributed by atoms with Crippen LogP contribution in [0.5, 0.6) is 0 Å². The Morgan fingerprint density at radius 3 is 1.59 bits per heavy atom. The fourth-order valence-corrected chi connectivity index (χ4v) is 5.60. The summed E-state index contributed by atoms with van der Waals surface area (Å²) in [4.78, 5) is 9.98. The van der Waals surface area contributed by atoms with Gasteiger partial charge in [-0.3, -0.25) is 0 Å². The van der Waals surface area contributed by atoms with E-state index in [0.29, 0.717) is 0 Å². The summed E-state index contributed by atoms with van der Waals surface area (Å²) >= 11 is 0. The number of nitrogens with zero attached hydrogens (tertiary/aromatic N) is 3. The normalized spacial score (nSPS) is 11.4. The summed E-state index contributed by atoms with van der Waals surface area (Å²) in [5.41, 5.74) is 9.38. The van der Waals surface area contributed by atoms with Crippen molar-refractivity contribution in [1.82, 2.24) is 14.4 Å². The molecule has 0 N–H and O–H groups in total. The molecule has 0 saturated heterocycles. The molecule has 0 unspecified atom stereocenters. The Morgan fingerprint density at radius 1 is 0.366 bits per heavy atom. The molecule has 8 rings (SSSR count). The molecular formula is C38H25N3. The number of aromatic nitrogens is 3. The molecule has 0 amide bonds. The Labute approximate surface area is 238 Å². The molecule has 0 bridgehead atoms. The highest BCUT2D eigenvalue weighted by Gasteiger charge is 2.11. The van der Waals surface area contributed by atoms with Crippen molar-refractivity contribution in [2.75, 3.05) is 0 Å². The zero-order valence-electron chi connectivity index (χ0n) is 22.3. The average Bonchev–Trinajstić information content (AvgIpc) is 3.49. The van der Waals surface area contributed by atoms with Crippen LogP contribution in [-0.2, 0) is 0 Å². The summed E-state index contributed by atoms with van der Waals surface area (Å²) in [5.74, 6) is 0. The fourth-order valence-electron chi connectivity index (χ4n) is 5.60. The van der Waals surface area contributed by atoms with E-state index in [1.54, 1.807) is 0 Å². The first-order valence-electron chi connectivity index (χ1n) is 13.8. The number of pyridine rings is 2. The van der Waals surface area contributed by atoms with Crippen LogP contribution in [0, 0.1) is 0 Å². The molecular weight excluding hydrogens is 498 g/mol. The molecule has 0 radical (unpaired) electrons. The number of benzene rings is 5. The largest absolute Gasteiger partial charge is 0.306 e. The lowest BCUT2D eigenvalue weighted by molar-refractivity contribution is 1.19. The van der Waals surface area contributed by atoms with Crippen LogP contribution in [0.1, 0.15) is 0 Å². The van der Waals surface area contributed by atoms with Crippen LogP contribution >= 0.6 is 0 Å². The highest BCUT2D eigenvalue weighted by Crippen LogP contribution is 2.33. The van der Waals surface area contributed by atoms with Crippen LogP contribution in [0.25, 0.3) is 72.1 Å². The van der Waals surface area contributed by atoms with Gasteiger partial charge < -0.3 is 4.40 Å². The van der Waals surface area contributed by atoms with Crippen LogP contribution < -0.4 is 0 Å². The van der Waals surface area contributed by atoms with E-state index in [9.17, 15) is 0 Å². The standard InChI is InChI=1S/C38H25N3/c1-3-9-30-21-32(18-12-26(30)7-1)34-23-35(39-36(24-34)33-19-13-27-8-2-4-10-31(27)22-33)28-14-16-29(17-15-28)37-25-41-20-6-5-11-38(41)40-37/h1-25H. The lowest BCUT2D eigenvalue weighted by Crippen LogP contribution is -1.92. The molecule has 41 heavy (non-hydrogen) atoms. The van der Waals surface area contributed by atoms with Crippen molar-refractivity contribution in [3.63, 3.8) is 0 Å². The van der Waals surface area contributed by atoms with Crippen molar-refractivity contribution in [3.05, 3.63) is 152 Å². The summed E-state index contributed by atoms with van der Waals surface area (Å²) in [6.07, 6.45) is 4.09. The van der Waals surface area contributed by atoms with Crippen molar-refractivity contribution in [3.8, 4) is 44.9 Å². The van der Waals surface area contributed by atoms with Crippen LogP contribution in [0.2, 0.25) is 0 Å². The summed E-state index contributed by atoms with van der Waals surface area (Å²) < 4.78 is 2.05. The molecule has 3 heterocycles.